The van der Waals surface area contributed by atoms with E-state index in [0.717, 1.165) is 36.5 Å². The van der Waals surface area contributed by atoms with Crippen LogP contribution in [0.4, 0.5) is 0 Å². The molecule has 2 atom stereocenters. The van der Waals surface area contributed by atoms with E-state index in [2.05, 4.69) is 33.0 Å². The number of aromatic nitrogens is 3. The number of nitrogens with zero attached hydrogens (tertiary/aromatic N) is 5. The van der Waals surface area contributed by atoms with Crippen LogP contribution >= 0.6 is 11.3 Å². The van der Waals surface area contributed by atoms with Crippen LogP contribution in [0.5, 0.6) is 0 Å². The van der Waals surface area contributed by atoms with E-state index in [1.807, 2.05) is 23.7 Å². The van der Waals surface area contributed by atoms with Crippen LogP contribution < -0.4 is 0 Å². The lowest BCUT2D eigenvalue weighted by molar-refractivity contribution is 0.0828. The SMILES string of the molecule is C[C@H]1CC[C@@H](c2nc(-c3cccc(C#N)c3)no2)N(Cc2nccs2)C1. The van der Waals surface area contributed by atoms with Gasteiger partial charge in [-0.1, -0.05) is 24.2 Å². The number of benzene rings is 1. The minimum Gasteiger partial charge on any atom is -0.337 e. The molecule has 2 aromatic heterocycles. The van der Waals surface area contributed by atoms with Crippen LogP contribution in [0.2, 0.25) is 0 Å². The molecule has 0 radical (unpaired) electrons. The lowest BCUT2D eigenvalue weighted by Gasteiger charge is -2.36. The number of nitriles is 1. The summed E-state index contributed by atoms with van der Waals surface area (Å²) in [4.78, 5) is 11.4. The summed E-state index contributed by atoms with van der Waals surface area (Å²) in [5.74, 6) is 1.82. The molecule has 0 bridgehead atoms. The standard InChI is InChI=1S/C19H19N5OS/c1-13-5-6-16(24(11-13)12-17-21-7-8-26-17)19-22-18(23-25-19)15-4-2-3-14(9-15)10-20/h2-4,7-9,13,16H,5-6,11-12H2,1H3/t13-,16-/m0/s1. The molecule has 3 heterocycles. The van der Waals surface area contributed by atoms with Gasteiger partial charge in [-0.3, -0.25) is 4.90 Å². The van der Waals surface area contributed by atoms with Crippen molar-refractivity contribution in [3.05, 3.63) is 52.3 Å². The van der Waals surface area contributed by atoms with E-state index in [1.54, 1.807) is 23.5 Å². The summed E-state index contributed by atoms with van der Waals surface area (Å²) in [6, 6.07) is 9.53. The molecule has 1 aliphatic rings. The van der Waals surface area contributed by atoms with E-state index in [1.165, 1.54) is 0 Å². The van der Waals surface area contributed by atoms with Crippen molar-refractivity contribution in [2.45, 2.75) is 32.4 Å². The number of thiazole rings is 1. The normalized spacial score (nSPS) is 20.8. The third kappa shape index (κ3) is 3.52. The van der Waals surface area contributed by atoms with E-state index < -0.39 is 0 Å². The van der Waals surface area contributed by atoms with E-state index in [9.17, 15) is 0 Å². The predicted octanol–water partition coefficient (Wildman–Crippen LogP) is 4.04. The molecule has 0 amide bonds. The van der Waals surface area contributed by atoms with Gasteiger partial charge < -0.3 is 4.52 Å². The van der Waals surface area contributed by atoms with Gasteiger partial charge in [-0.05, 0) is 30.9 Å². The average Bonchev–Trinajstić information content (AvgIpc) is 3.34. The second-order valence-corrected chi connectivity index (χ2v) is 7.68. The minimum atomic E-state index is 0.107. The molecular weight excluding hydrogens is 346 g/mol. The zero-order chi connectivity index (χ0) is 17.9. The number of hydrogen-bond acceptors (Lipinski definition) is 7. The van der Waals surface area contributed by atoms with Gasteiger partial charge in [0, 0.05) is 23.7 Å². The Bertz CT molecular complexity index is 914. The monoisotopic (exact) mass is 365 g/mol. The summed E-state index contributed by atoms with van der Waals surface area (Å²) in [5.41, 5.74) is 1.39. The molecule has 4 rings (SSSR count). The van der Waals surface area contributed by atoms with Gasteiger partial charge >= 0.3 is 0 Å². The van der Waals surface area contributed by atoms with Gasteiger partial charge in [0.1, 0.15) is 5.01 Å². The van der Waals surface area contributed by atoms with E-state index in [-0.39, 0.29) is 6.04 Å². The van der Waals surface area contributed by atoms with Crippen molar-refractivity contribution >= 4 is 11.3 Å². The summed E-state index contributed by atoms with van der Waals surface area (Å²) in [6.45, 7) is 4.07. The first-order valence-electron chi connectivity index (χ1n) is 8.69. The lowest BCUT2D eigenvalue weighted by Crippen LogP contribution is -2.37. The number of hydrogen-bond donors (Lipinski definition) is 0. The molecule has 0 saturated carbocycles. The summed E-state index contributed by atoms with van der Waals surface area (Å²) in [7, 11) is 0. The molecule has 132 valence electrons. The van der Waals surface area contributed by atoms with Crippen molar-refractivity contribution < 1.29 is 4.52 Å². The Morgan fingerprint density at radius 1 is 1.38 bits per heavy atom. The zero-order valence-electron chi connectivity index (χ0n) is 14.5. The third-order valence-electron chi connectivity index (χ3n) is 4.72. The molecule has 26 heavy (non-hydrogen) atoms. The smallest absolute Gasteiger partial charge is 0.244 e. The highest BCUT2D eigenvalue weighted by molar-refractivity contribution is 7.09. The van der Waals surface area contributed by atoms with Gasteiger partial charge in [-0.2, -0.15) is 10.2 Å². The highest BCUT2D eigenvalue weighted by Gasteiger charge is 2.32. The quantitative estimate of drug-likeness (QED) is 0.694. The van der Waals surface area contributed by atoms with Gasteiger partial charge in [-0.25, -0.2) is 4.98 Å². The summed E-state index contributed by atoms with van der Waals surface area (Å²) >= 11 is 1.67. The van der Waals surface area contributed by atoms with Crippen LogP contribution in [0, 0.1) is 17.2 Å². The highest BCUT2D eigenvalue weighted by Crippen LogP contribution is 2.34. The molecule has 3 aromatic rings. The second kappa shape index (κ2) is 7.36. The lowest BCUT2D eigenvalue weighted by atomic mass is 9.94. The molecule has 1 fully saturated rings. The van der Waals surface area contributed by atoms with Crippen LogP contribution in [0.3, 0.4) is 0 Å². The predicted molar refractivity (Wildman–Crippen MR) is 98.1 cm³/mol. The molecule has 1 aromatic carbocycles. The van der Waals surface area contributed by atoms with E-state index in [0.29, 0.717) is 23.2 Å². The maximum atomic E-state index is 9.07. The maximum absolute atomic E-state index is 9.07. The molecule has 0 N–H and O–H groups in total. The number of likely N-dealkylation sites (tertiary alicyclic amines) is 1. The fourth-order valence-corrected chi connectivity index (χ4v) is 4.06. The molecule has 0 unspecified atom stereocenters. The van der Waals surface area contributed by atoms with E-state index in [4.69, 9.17) is 9.78 Å². The molecule has 7 heteroatoms. The van der Waals surface area contributed by atoms with Crippen LogP contribution in [-0.4, -0.2) is 26.6 Å². The summed E-state index contributed by atoms with van der Waals surface area (Å²) < 4.78 is 5.61. The van der Waals surface area contributed by atoms with Crippen LogP contribution in [0.1, 0.15) is 42.3 Å². The Hall–Kier alpha value is -2.56. The fraction of sp³-hybridized carbons (Fsp3) is 0.368. The van der Waals surface area contributed by atoms with Crippen LogP contribution in [0.25, 0.3) is 11.4 Å². The highest BCUT2D eigenvalue weighted by atomic mass is 32.1. The summed E-state index contributed by atoms with van der Waals surface area (Å²) in [5, 5.41) is 16.3. The van der Waals surface area contributed by atoms with Crippen molar-refractivity contribution in [3.63, 3.8) is 0 Å². The molecule has 1 saturated heterocycles. The van der Waals surface area contributed by atoms with Crippen molar-refractivity contribution in [3.8, 4) is 17.5 Å². The molecule has 0 aliphatic carbocycles. The molecular formula is C19H19N5OS. The van der Waals surface area contributed by atoms with Gasteiger partial charge in [-0.15, -0.1) is 11.3 Å². The van der Waals surface area contributed by atoms with E-state index >= 15 is 0 Å². The zero-order valence-corrected chi connectivity index (χ0v) is 15.3. The Morgan fingerprint density at radius 2 is 2.31 bits per heavy atom. The van der Waals surface area contributed by atoms with Gasteiger partial charge in [0.25, 0.3) is 0 Å². The van der Waals surface area contributed by atoms with Gasteiger partial charge in [0.05, 0.1) is 24.2 Å². The number of rotatable bonds is 4. The Morgan fingerprint density at radius 3 is 3.12 bits per heavy atom. The van der Waals surface area contributed by atoms with Crippen LogP contribution in [-0.2, 0) is 6.54 Å². The van der Waals surface area contributed by atoms with Crippen molar-refractivity contribution in [2.75, 3.05) is 6.54 Å². The van der Waals surface area contributed by atoms with Crippen LogP contribution in [0.15, 0.2) is 40.4 Å². The Kier molecular flexibility index (Phi) is 4.78. The first-order chi connectivity index (χ1) is 12.7. The van der Waals surface area contributed by atoms with Crippen molar-refractivity contribution in [2.24, 2.45) is 5.92 Å². The number of piperidine rings is 1. The third-order valence-corrected chi connectivity index (χ3v) is 5.48. The fourth-order valence-electron chi connectivity index (χ4n) is 3.42. The van der Waals surface area contributed by atoms with Gasteiger partial charge in [0.2, 0.25) is 11.7 Å². The topological polar surface area (TPSA) is 78.8 Å². The van der Waals surface area contributed by atoms with Crippen molar-refractivity contribution in [1.82, 2.24) is 20.0 Å². The molecule has 1 aliphatic heterocycles. The summed E-state index contributed by atoms with van der Waals surface area (Å²) in [6.07, 6.45) is 3.97. The second-order valence-electron chi connectivity index (χ2n) is 6.70. The Labute approximate surface area is 156 Å². The minimum absolute atomic E-state index is 0.107. The Balaban J connectivity index is 1.59. The van der Waals surface area contributed by atoms with Crippen molar-refractivity contribution in [1.29, 1.82) is 5.26 Å². The average molecular weight is 365 g/mol. The first-order valence-corrected chi connectivity index (χ1v) is 9.57. The van der Waals surface area contributed by atoms with Gasteiger partial charge in [0.15, 0.2) is 0 Å². The molecule has 0 spiro atoms. The first kappa shape index (κ1) is 16.9. The maximum Gasteiger partial charge on any atom is 0.244 e. The molecule has 6 nitrogen and oxygen atoms in total. The largest absolute Gasteiger partial charge is 0.337 e.